The van der Waals surface area contributed by atoms with Gasteiger partial charge in [-0.1, -0.05) is 6.92 Å². The van der Waals surface area contributed by atoms with E-state index in [0.29, 0.717) is 6.54 Å². The largest absolute Gasteiger partial charge is 0.480 e. The van der Waals surface area contributed by atoms with E-state index in [-0.39, 0.29) is 0 Å². The zero-order valence-electron chi connectivity index (χ0n) is 10.2. The van der Waals surface area contributed by atoms with Crippen LogP contribution in [0.25, 0.3) is 0 Å². The standard InChI is InChI=1S/C10H21N3O4/c1-3-11-5-4-6-12-10(17)13-8(7(2)14)9(15)16/h7-8,11,14H,3-6H2,1-2H3,(H,15,16)(H2,12,13,17)/t7-,8+/m1/s1. The zero-order chi connectivity index (χ0) is 13.3. The Hall–Kier alpha value is -1.34. The van der Waals surface area contributed by atoms with Gasteiger partial charge in [0.05, 0.1) is 6.10 Å². The molecule has 0 spiro atoms. The summed E-state index contributed by atoms with van der Waals surface area (Å²) < 4.78 is 0. The molecule has 0 aromatic rings. The number of urea groups is 1. The first-order valence-electron chi connectivity index (χ1n) is 5.65. The van der Waals surface area contributed by atoms with E-state index in [1.807, 2.05) is 6.92 Å². The minimum Gasteiger partial charge on any atom is -0.480 e. The van der Waals surface area contributed by atoms with Crippen molar-refractivity contribution in [3.8, 4) is 0 Å². The van der Waals surface area contributed by atoms with Crippen LogP contribution in [-0.2, 0) is 4.79 Å². The molecule has 0 saturated heterocycles. The molecule has 0 radical (unpaired) electrons. The molecule has 0 aliphatic heterocycles. The highest BCUT2D eigenvalue weighted by Gasteiger charge is 2.24. The zero-order valence-corrected chi connectivity index (χ0v) is 10.2. The van der Waals surface area contributed by atoms with Crippen molar-refractivity contribution in [1.29, 1.82) is 0 Å². The molecule has 0 fully saturated rings. The molecule has 0 saturated carbocycles. The number of hydrogen-bond acceptors (Lipinski definition) is 4. The lowest BCUT2D eigenvalue weighted by molar-refractivity contribution is -0.141. The number of hydrogen-bond donors (Lipinski definition) is 5. The summed E-state index contributed by atoms with van der Waals surface area (Å²) in [6.45, 7) is 5.40. The third-order valence-electron chi connectivity index (χ3n) is 2.10. The topological polar surface area (TPSA) is 111 Å². The van der Waals surface area contributed by atoms with Gasteiger partial charge in [-0.05, 0) is 26.4 Å². The number of aliphatic hydroxyl groups is 1. The molecule has 0 rings (SSSR count). The van der Waals surface area contributed by atoms with Gasteiger partial charge in [0.1, 0.15) is 0 Å². The van der Waals surface area contributed by atoms with Gasteiger partial charge in [-0.15, -0.1) is 0 Å². The Labute approximate surface area is 101 Å². The van der Waals surface area contributed by atoms with Crippen LogP contribution in [0, 0.1) is 0 Å². The molecule has 0 aromatic carbocycles. The van der Waals surface area contributed by atoms with E-state index >= 15 is 0 Å². The van der Waals surface area contributed by atoms with Crippen LogP contribution in [-0.4, -0.2) is 54.0 Å². The molecule has 0 heterocycles. The maximum atomic E-state index is 11.3. The molecule has 5 N–H and O–H groups in total. The van der Waals surface area contributed by atoms with Gasteiger partial charge in [0.25, 0.3) is 0 Å². The van der Waals surface area contributed by atoms with Gasteiger partial charge in [-0.25, -0.2) is 9.59 Å². The van der Waals surface area contributed by atoms with Crippen molar-refractivity contribution in [2.75, 3.05) is 19.6 Å². The molecule has 100 valence electrons. The third-order valence-corrected chi connectivity index (χ3v) is 2.10. The average molecular weight is 247 g/mol. The van der Waals surface area contributed by atoms with Crippen molar-refractivity contribution in [3.05, 3.63) is 0 Å². The van der Waals surface area contributed by atoms with Crippen molar-refractivity contribution >= 4 is 12.0 Å². The maximum Gasteiger partial charge on any atom is 0.328 e. The SMILES string of the molecule is CCNCCCNC(=O)N[C@H](C(=O)O)[C@@H](C)O. The highest BCUT2D eigenvalue weighted by atomic mass is 16.4. The summed E-state index contributed by atoms with van der Waals surface area (Å²) in [5.41, 5.74) is 0. The first-order chi connectivity index (χ1) is 7.99. The van der Waals surface area contributed by atoms with E-state index < -0.39 is 24.1 Å². The Morgan fingerprint density at radius 3 is 2.41 bits per heavy atom. The number of carbonyl (C=O) groups excluding carboxylic acids is 1. The molecular weight excluding hydrogens is 226 g/mol. The van der Waals surface area contributed by atoms with Crippen LogP contribution >= 0.6 is 0 Å². The fourth-order valence-electron chi connectivity index (χ4n) is 1.17. The van der Waals surface area contributed by atoms with Gasteiger partial charge in [-0.2, -0.15) is 0 Å². The number of aliphatic carboxylic acids is 1. The van der Waals surface area contributed by atoms with Gasteiger partial charge in [0, 0.05) is 6.54 Å². The average Bonchev–Trinajstić information content (AvgIpc) is 2.24. The maximum absolute atomic E-state index is 11.3. The Kier molecular flexibility index (Phi) is 8.08. The van der Waals surface area contributed by atoms with Crippen LogP contribution in [0.15, 0.2) is 0 Å². The summed E-state index contributed by atoms with van der Waals surface area (Å²) in [5, 5.41) is 25.7. The lowest BCUT2D eigenvalue weighted by Gasteiger charge is -2.17. The number of aliphatic hydroxyl groups excluding tert-OH is 1. The number of nitrogens with one attached hydrogen (secondary N) is 3. The molecule has 0 unspecified atom stereocenters. The summed E-state index contributed by atoms with van der Waals surface area (Å²) in [6, 6.07) is -1.88. The van der Waals surface area contributed by atoms with E-state index in [0.717, 1.165) is 19.5 Å². The first-order valence-corrected chi connectivity index (χ1v) is 5.65. The molecular formula is C10H21N3O4. The number of carboxylic acid groups (broad SMARTS) is 1. The van der Waals surface area contributed by atoms with Gasteiger partial charge in [0.15, 0.2) is 6.04 Å². The Bertz CT molecular complexity index is 246. The fourth-order valence-corrected chi connectivity index (χ4v) is 1.17. The highest BCUT2D eigenvalue weighted by Crippen LogP contribution is 1.92. The Morgan fingerprint density at radius 1 is 1.29 bits per heavy atom. The fraction of sp³-hybridized carbons (Fsp3) is 0.800. The number of rotatable bonds is 8. The van der Waals surface area contributed by atoms with E-state index in [2.05, 4.69) is 16.0 Å². The van der Waals surface area contributed by atoms with E-state index in [4.69, 9.17) is 10.2 Å². The van der Waals surface area contributed by atoms with Crippen molar-refractivity contribution in [2.24, 2.45) is 0 Å². The summed E-state index contributed by atoms with van der Waals surface area (Å²) in [7, 11) is 0. The van der Waals surface area contributed by atoms with Crippen LogP contribution in [0.1, 0.15) is 20.3 Å². The van der Waals surface area contributed by atoms with Gasteiger partial charge in [-0.3, -0.25) is 0 Å². The minimum atomic E-state index is -1.29. The van der Waals surface area contributed by atoms with E-state index in [1.165, 1.54) is 6.92 Å². The molecule has 7 heteroatoms. The smallest absolute Gasteiger partial charge is 0.328 e. The Balaban J connectivity index is 3.80. The molecule has 0 aliphatic rings. The van der Waals surface area contributed by atoms with Crippen molar-refractivity contribution in [2.45, 2.75) is 32.4 Å². The summed E-state index contributed by atoms with van der Waals surface area (Å²) in [4.78, 5) is 22.0. The molecule has 17 heavy (non-hydrogen) atoms. The summed E-state index contributed by atoms with van der Waals surface area (Å²) in [6.07, 6.45) is -0.381. The van der Waals surface area contributed by atoms with Crippen LogP contribution in [0.2, 0.25) is 0 Å². The predicted octanol–water partition coefficient (Wildman–Crippen LogP) is -0.881. The summed E-state index contributed by atoms with van der Waals surface area (Å²) in [5.74, 6) is -1.26. The lowest BCUT2D eigenvalue weighted by Crippen LogP contribution is -2.51. The monoisotopic (exact) mass is 247 g/mol. The van der Waals surface area contributed by atoms with Gasteiger partial charge >= 0.3 is 12.0 Å². The molecule has 2 amide bonds. The second-order valence-electron chi connectivity index (χ2n) is 3.66. The normalized spacial score (nSPS) is 13.8. The van der Waals surface area contributed by atoms with Gasteiger partial charge < -0.3 is 26.2 Å². The first kappa shape index (κ1) is 15.7. The third kappa shape index (κ3) is 7.53. The van der Waals surface area contributed by atoms with E-state index in [9.17, 15) is 9.59 Å². The molecule has 0 aromatic heterocycles. The molecule has 0 aliphatic carbocycles. The Morgan fingerprint density at radius 2 is 1.94 bits per heavy atom. The van der Waals surface area contributed by atoms with E-state index in [1.54, 1.807) is 0 Å². The second kappa shape index (κ2) is 8.77. The highest BCUT2D eigenvalue weighted by molar-refractivity contribution is 5.82. The van der Waals surface area contributed by atoms with Crippen LogP contribution in [0.4, 0.5) is 4.79 Å². The van der Waals surface area contributed by atoms with Crippen molar-refractivity contribution < 1.29 is 19.8 Å². The van der Waals surface area contributed by atoms with Crippen LogP contribution < -0.4 is 16.0 Å². The predicted molar refractivity (Wildman–Crippen MR) is 62.8 cm³/mol. The molecule has 7 nitrogen and oxygen atoms in total. The van der Waals surface area contributed by atoms with Crippen LogP contribution in [0.5, 0.6) is 0 Å². The quantitative estimate of drug-likeness (QED) is 0.358. The summed E-state index contributed by atoms with van der Waals surface area (Å²) >= 11 is 0. The van der Waals surface area contributed by atoms with Crippen LogP contribution in [0.3, 0.4) is 0 Å². The number of amides is 2. The van der Waals surface area contributed by atoms with Crippen molar-refractivity contribution in [3.63, 3.8) is 0 Å². The van der Waals surface area contributed by atoms with Gasteiger partial charge in [0.2, 0.25) is 0 Å². The second-order valence-corrected chi connectivity index (χ2v) is 3.66. The molecule has 2 atom stereocenters. The number of carboxylic acids is 1. The minimum absolute atomic E-state index is 0.449. The number of carbonyl (C=O) groups is 2. The molecule has 0 bridgehead atoms. The van der Waals surface area contributed by atoms with Crippen molar-refractivity contribution in [1.82, 2.24) is 16.0 Å². The lowest BCUT2D eigenvalue weighted by atomic mass is 10.2.